The van der Waals surface area contributed by atoms with E-state index in [0.29, 0.717) is 5.69 Å². The number of anilines is 1. The third kappa shape index (κ3) is 2.39. The number of hydrogen-bond donors (Lipinski definition) is 2. The number of benzene rings is 2. The maximum absolute atomic E-state index is 12.1. The Bertz CT molecular complexity index is 743. The summed E-state index contributed by atoms with van der Waals surface area (Å²) < 4.78 is 0.857. The molecule has 0 spiro atoms. The normalized spacial score (nSPS) is 10.6. The van der Waals surface area contributed by atoms with Gasteiger partial charge in [-0.3, -0.25) is 4.79 Å². The second-order valence-corrected chi connectivity index (χ2v) is 5.13. The largest absolute Gasteiger partial charge is 0.356 e. The van der Waals surface area contributed by atoms with E-state index < -0.39 is 0 Å². The average molecular weight is 315 g/mol. The average Bonchev–Trinajstić information content (AvgIpc) is 2.86. The van der Waals surface area contributed by atoms with Gasteiger partial charge in [-0.15, -0.1) is 0 Å². The molecule has 94 valence electrons. The highest BCUT2D eigenvalue weighted by Gasteiger charge is 2.09. The molecule has 0 aliphatic carbocycles. The lowest BCUT2D eigenvalue weighted by Crippen LogP contribution is -2.12. The lowest BCUT2D eigenvalue weighted by Gasteiger charge is -2.07. The van der Waals surface area contributed by atoms with Crippen LogP contribution in [-0.2, 0) is 0 Å². The molecule has 3 nitrogen and oxygen atoms in total. The molecule has 4 heteroatoms. The van der Waals surface area contributed by atoms with Gasteiger partial charge >= 0.3 is 0 Å². The van der Waals surface area contributed by atoms with Crippen LogP contribution in [0.4, 0.5) is 5.69 Å². The van der Waals surface area contributed by atoms with E-state index in [1.807, 2.05) is 42.5 Å². The number of aromatic nitrogens is 1. The van der Waals surface area contributed by atoms with E-state index in [9.17, 15) is 4.79 Å². The van der Waals surface area contributed by atoms with Gasteiger partial charge in [0.2, 0.25) is 0 Å². The molecule has 0 atom stereocenters. The van der Waals surface area contributed by atoms with Crippen molar-refractivity contribution in [2.24, 2.45) is 0 Å². The molecule has 1 amide bonds. The molecular weight excluding hydrogens is 304 g/mol. The van der Waals surface area contributed by atoms with Crippen LogP contribution in [0.1, 0.15) is 10.5 Å². The molecule has 0 radical (unpaired) electrons. The zero-order chi connectivity index (χ0) is 13.2. The van der Waals surface area contributed by atoms with Crippen LogP contribution in [0.25, 0.3) is 10.8 Å². The first-order valence-electron chi connectivity index (χ1n) is 5.87. The number of rotatable bonds is 2. The van der Waals surface area contributed by atoms with Crippen LogP contribution in [0, 0.1) is 0 Å². The number of amides is 1. The molecule has 0 bridgehead atoms. The highest BCUT2D eigenvalue weighted by Crippen LogP contribution is 2.23. The molecule has 0 unspecified atom stereocenters. The van der Waals surface area contributed by atoms with Crippen LogP contribution in [0.3, 0.4) is 0 Å². The lowest BCUT2D eigenvalue weighted by atomic mass is 10.1. The van der Waals surface area contributed by atoms with Crippen molar-refractivity contribution < 1.29 is 4.79 Å². The van der Waals surface area contributed by atoms with Crippen molar-refractivity contribution in [3.63, 3.8) is 0 Å². The van der Waals surface area contributed by atoms with Gasteiger partial charge in [0.15, 0.2) is 0 Å². The van der Waals surface area contributed by atoms with E-state index in [4.69, 9.17) is 0 Å². The molecule has 2 aromatic carbocycles. The molecule has 0 saturated carbocycles. The van der Waals surface area contributed by atoms with Crippen molar-refractivity contribution in [2.75, 3.05) is 5.32 Å². The second kappa shape index (κ2) is 4.90. The van der Waals surface area contributed by atoms with Crippen LogP contribution in [0.15, 0.2) is 59.2 Å². The number of halogens is 1. The van der Waals surface area contributed by atoms with Gasteiger partial charge in [-0.2, -0.15) is 0 Å². The minimum Gasteiger partial charge on any atom is -0.356 e. The summed E-state index contributed by atoms with van der Waals surface area (Å²) in [4.78, 5) is 15.0. The fourth-order valence-corrected chi connectivity index (χ4v) is 2.37. The van der Waals surface area contributed by atoms with Crippen molar-refractivity contribution in [1.29, 1.82) is 0 Å². The third-order valence-electron chi connectivity index (χ3n) is 2.93. The van der Waals surface area contributed by atoms with E-state index in [0.717, 1.165) is 20.9 Å². The van der Waals surface area contributed by atoms with Crippen LogP contribution in [-0.4, -0.2) is 10.9 Å². The summed E-state index contributed by atoms with van der Waals surface area (Å²) in [6.45, 7) is 0. The quantitative estimate of drug-likeness (QED) is 0.732. The minimum absolute atomic E-state index is 0.151. The molecule has 0 saturated heterocycles. The fourth-order valence-electron chi connectivity index (χ4n) is 2.02. The Balaban J connectivity index is 1.95. The summed E-state index contributed by atoms with van der Waals surface area (Å²) >= 11 is 3.31. The summed E-state index contributed by atoms with van der Waals surface area (Å²) in [5.74, 6) is -0.151. The zero-order valence-electron chi connectivity index (χ0n) is 9.98. The highest BCUT2D eigenvalue weighted by molar-refractivity contribution is 9.10. The van der Waals surface area contributed by atoms with Crippen LogP contribution in [0.5, 0.6) is 0 Å². The summed E-state index contributed by atoms with van der Waals surface area (Å²) in [5.41, 5.74) is 1.34. The standard InChI is InChI=1S/C15H11BrN2O/c16-11-8-14(17-9-11)15(19)18-13-7-3-5-10-4-1-2-6-12(10)13/h1-9,17H,(H,18,19). The molecule has 1 heterocycles. The van der Waals surface area contributed by atoms with E-state index >= 15 is 0 Å². The monoisotopic (exact) mass is 314 g/mol. The summed E-state index contributed by atoms with van der Waals surface area (Å²) in [7, 11) is 0. The molecule has 0 aliphatic heterocycles. The molecule has 1 aromatic heterocycles. The maximum Gasteiger partial charge on any atom is 0.272 e. The fraction of sp³-hybridized carbons (Fsp3) is 0. The number of fused-ring (bicyclic) bond motifs is 1. The summed E-state index contributed by atoms with van der Waals surface area (Å²) in [6, 6.07) is 15.6. The molecule has 3 aromatic rings. The predicted molar refractivity (Wildman–Crippen MR) is 80.4 cm³/mol. The number of aromatic amines is 1. The Hall–Kier alpha value is -2.07. The predicted octanol–water partition coefficient (Wildman–Crippen LogP) is 4.18. The van der Waals surface area contributed by atoms with Gasteiger partial charge in [0.1, 0.15) is 5.69 Å². The van der Waals surface area contributed by atoms with Gasteiger partial charge in [0.05, 0.1) is 0 Å². The number of carbonyl (C=O) groups excluding carboxylic acids is 1. The lowest BCUT2D eigenvalue weighted by molar-refractivity contribution is 0.102. The molecular formula is C15H11BrN2O. The van der Waals surface area contributed by atoms with E-state index in [2.05, 4.69) is 26.2 Å². The van der Waals surface area contributed by atoms with Gasteiger partial charge in [0, 0.05) is 21.7 Å². The number of H-pyrrole nitrogens is 1. The Kier molecular flexibility index (Phi) is 3.09. The van der Waals surface area contributed by atoms with Crippen LogP contribution < -0.4 is 5.32 Å². The third-order valence-corrected chi connectivity index (χ3v) is 3.39. The van der Waals surface area contributed by atoms with Gasteiger partial charge < -0.3 is 10.3 Å². The molecule has 0 aliphatic rings. The SMILES string of the molecule is O=C(Nc1cccc2ccccc12)c1cc(Br)c[nH]1. The Morgan fingerprint density at radius 3 is 2.68 bits per heavy atom. The minimum atomic E-state index is -0.151. The first-order valence-corrected chi connectivity index (χ1v) is 6.66. The maximum atomic E-state index is 12.1. The number of nitrogens with one attached hydrogen (secondary N) is 2. The Morgan fingerprint density at radius 2 is 1.89 bits per heavy atom. The molecule has 2 N–H and O–H groups in total. The molecule has 3 rings (SSSR count). The van der Waals surface area contributed by atoms with Gasteiger partial charge in [0.25, 0.3) is 5.91 Å². The molecule has 0 fully saturated rings. The Morgan fingerprint density at radius 1 is 1.11 bits per heavy atom. The van der Waals surface area contributed by atoms with Crippen molar-refractivity contribution in [2.45, 2.75) is 0 Å². The van der Waals surface area contributed by atoms with Gasteiger partial charge in [-0.25, -0.2) is 0 Å². The van der Waals surface area contributed by atoms with Crippen LogP contribution in [0.2, 0.25) is 0 Å². The Labute approximate surface area is 118 Å². The van der Waals surface area contributed by atoms with Gasteiger partial charge in [-0.05, 0) is 33.4 Å². The van der Waals surface area contributed by atoms with E-state index in [-0.39, 0.29) is 5.91 Å². The van der Waals surface area contributed by atoms with Crippen molar-refractivity contribution in [1.82, 2.24) is 4.98 Å². The van der Waals surface area contributed by atoms with Crippen molar-refractivity contribution in [3.05, 3.63) is 64.9 Å². The van der Waals surface area contributed by atoms with Crippen molar-refractivity contribution >= 4 is 38.3 Å². The first kappa shape index (κ1) is 12.0. The molecule has 19 heavy (non-hydrogen) atoms. The van der Waals surface area contributed by atoms with E-state index in [1.165, 1.54) is 0 Å². The zero-order valence-corrected chi connectivity index (χ0v) is 11.6. The smallest absolute Gasteiger partial charge is 0.272 e. The number of carbonyl (C=O) groups is 1. The van der Waals surface area contributed by atoms with Crippen LogP contribution >= 0.6 is 15.9 Å². The van der Waals surface area contributed by atoms with E-state index in [1.54, 1.807) is 12.3 Å². The summed E-state index contributed by atoms with van der Waals surface area (Å²) in [5, 5.41) is 5.06. The first-order chi connectivity index (χ1) is 9.24. The van der Waals surface area contributed by atoms with Gasteiger partial charge in [-0.1, -0.05) is 36.4 Å². The summed E-state index contributed by atoms with van der Waals surface area (Å²) in [6.07, 6.45) is 1.73. The second-order valence-electron chi connectivity index (χ2n) is 4.21. The number of hydrogen-bond acceptors (Lipinski definition) is 1. The van der Waals surface area contributed by atoms with Crippen molar-refractivity contribution in [3.8, 4) is 0 Å². The highest BCUT2D eigenvalue weighted by atomic mass is 79.9. The topological polar surface area (TPSA) is 44.9 Å².